The third-order valence-corrected chi connectivity index (χ3v) is 9.86. The van der Waals surface area contributed by atoms with E-state index >= 15 is 0 Å². The fourth-order valence-electron chi connectivity index (χ4n) is 6.07. The van der Waals surface area contributed by atoms with Crippen LogP contribution in [0.3, 0.4) is 0 Å². The van der Waals surface area contributed by atoms with E-state index in [0.29, 0.717) is 36.8 Å². The van der Waals surface area contributed by atoms with Gasteiger partial charge in [-0.2, -0.15) is 4.99 Å². The van der Waals surface area contributed by atoms with Gasteiger partial charge in [-0.1, -0.05) is 67.1 Å². The molecule has 2 atom stereocenters. The van der Waals surface area contributed by atoms with E-state index in [0.717, 1.165) is 35.3 Å². The first-order chi connectivity index (χ1) is 23.3. The summed E-state index contributed by atoms with van der Waals surface area (Å²) in [5, 5.41) is 6.16. The molecule has 1 saturated heterocycles. The van der Waals surface area contributed by atoms with Crippen LogP contribution in [0.2, 0.25) is 0 Å². The standard InChI is InChI=1S/C36H43N5O6S/c1-2-46-30(42)22-38-32(31(25-13-5-3-6-14-25)26-15-7-4-8-16-26)35(44)41-20-10-17-28(41)34(43)39-21-27-18-19-29(48-27)33(37)40-36(45)47-23-24-11-9-12-24/h3-8,13-16,18-19,24,28,31-32,38H,2,9-12,17,20-23H2,1H3,(H,39,43)(H2,37,40,45)/t28-,32+/m0/s1. The molecule has 48 heavy (non-hydrogen) atoms. The smallest absolute Gasteiger partial charge is 0.435 e. The van der Waals surface area contributed by atoms with Crippen molar-refractivity contribution in [2.24, 2.45) is 16.6 Å². The second-order valence-electron chi connectivity index (χ2n) is 12.0. The molecule has 0 radical (unpaired) electrons. The van der Waals surface area contributed by atoms with Crippen LogP contribution < -0.4 is 16.4 Å². The highest BCUT2D eigenvalue weighted by Crippen LogP contribution is 2.31. The number of ether oxygens (including phenoxy) is 2. The van der Waals surface area contributed by atoms with Crippen molar-refractivity contribution in [1.82, 2.24) is 15.5 Å². The number of nitrogens with zero attached hydrogens (tertiary/aromatic N) is 2. The number of thiophene rings is 1. The van der Waals surface area contributed by atoms with Crippen molar-refractivity contribution in [3.63, 3.8) is 0 Å². The van der Waals surface area contributed by atoms with Crippen LogP contribution in [-0.2, 0) is 30.4 Å². The van der Waals surface area contributed by atoms with Crippen molar-refractivity contribution >= 4 is 41.0 Å². The number of amidine groups is 1. The highest BCUT2D eigenvalue weighted by molar-refractivity contribution is 7.14. The number of nitrogens with two attached hydrogens (primary N) is 1. The highest BCUT2D eigenvalue weighted by atomic mass is 32.1. The van der Waals surface area contributed by atoms with Crippen molar-refractivity contribution < 1.29 is 28.7 Å². The van der Waals surface area contributed by atoms with Gasteiger partial charge in [-0.3, -0.25) is 19.7 Å². The van der Waals surface area contributed by atoms with E-state index in [-0.39, 0.29) is 37.3 Å². The lowest BCUT2D eigenvalue weighted by Crippen LogP contribution is -2.55. The molecule has 2 aliphatic rings. The number of benzene rings is 2. The van der Waals surface area contributed by atoms with Gasteiger partial charge in [0.2, 0.25) is 11.8 Å². The Labute approximate surface area is 284 Å². The molecule has 2 aromatic carbocycles. The predicted octanol–water partition coefficient (Wildman–Crippen LogP) is 4.35. The van der Waals surface area contributed by atoms with E-state index in [1.807, 2.05) is 66.7 Å². The van der Waals surface area contributed by atoms with Gasteiger partial charge >= 0.3 is 12.1 Å². The summed E-state index contributed by atoms with van der Waals surface area (Å²) < 4.78 is 10.4. The summed E-state index contributed by atoms with van der Waals surface area (Å²) in [7, 11) is 0. The van der Waals surface area contributed by atoms with Crippen molar-refractivity contribution in [2.75, 3.05) is 26.3 Å². The molecule has 4 N–H and O–H groups in total. The number of hydrogen-bond acceptors (Lipinski definition) is 8. The number of nitrogens with one attached hydrogen (secondary N) is 2. The molecule has 1 aliphatic carbocycles. The maximum atomic E-state index is 14.4. The number of carbonyl (C=O) groups excluding carboxylic acids is 4. The van der Waals surface area contributed by atoms with Crippen molar-refractivity contribution in [2.45, 2.75) is 63.6 Å². The zero-order valence-corrected chi connectivity index (χ0v) is 28.0. The summed E-state index contributed by atoms with van der Waals surface area (Å²) in [6.07, 6.45) is 3.77. The Balaban J connectivity index is 1.27. The number of esters is 1. The van der Waals surface area contributed by atoms with Gasteiger partial charge in [-0.05, 0) is 61.8 Å². The first-order valence-electron chi connectivity index (χ1n) is 16.5. The van der Waals surface area contributed by atoms with Crippen LogP contribution in [0.1, 0.15) is 65.8 Å². The Kier molecular flexibility index (Phi) is 12.3. The minimum absolute atomic E-state index is 0.0662. The summed E-state index contributed by atoms with van der Waals surface area (Å²) in [5.74, 6) is -0.938. The van der Waals surface area contributed by atoms with Gasteiger partial charge in [0.15, 0.2) is 0 Å². The Hall–Kier alpha value is -4.55. The molecule has 1 aliphatic heterocycles. The molecule has 3 aromatic rings. The number of amides is 3. The van der Waals surface area contributed by atoms with Crippen molar-refractivity contribution in [3.05, 3.63) is 93.7 Å². The van der Waals surface area contributed by atoms with Gasteiger partial charge in [0, 0.05) is 17.3 Å². The Morgan fingerprint density at radius 1 is 0.938 bits per heavy atom. The second-order valence-corrected chi connectivity index (χ2v) is 13.2. The molecule has 1 aromatic heterocycles. The number of carbonyl (C=O) groups is 4. The average molecular weight is 674 g/mol. The first kappa shape index (κ1) is 34.8. The fourth-order valence-corrected chi connectivity index (χ4v) is 6.92. The van der Waals surface area contributed by atoms with Crippen molar-refractivity contribution in [3.8, 4) is 0 Å². The molecular formula is C36H43N5O6S. The molecule has 3 amide bonds. The largest absolute Gasteiger partial charge is 0.465 e. The minimum atomic E-state index is -0.838. The summed E-state index contributed by atoms with van der Waals surface area (Å²) in [5.41, 5.74) is 7.87. The molecule has 12 heteroatoms. The van der Waals surface area contributed by atoms with Crippen LogP contribution in [0.4, 0.5) is 4.79 Å². The average Bonchev–Trinajstić information content (AvgIpc) is 3.76. The van der Waals surface area contributed by atoms with Crippen LogP contribution in [0.25, 0.3) is 0 Å². The van der Waals surface area contributed by atoms with E-state index < -0.39 is 30.1 Å². The molecule has 0 bridgehead atoms. The second kappa shape index (κ2) is 17.0. The highest BCUT2D eigenvalue weighted by Gasteiger charge is 2.41. The maximum Gasteiger partial charge on any atom is 0.435 e. The number of likely N-dealkylation sites (tertiary alicyclic amines) is 1. The molecule has 5 rings (SSSR count). The fraction of sp³-hybridized carbons (Fsp3) is 0.417. The monoisotopic (exact) mass is 673 g/mol. The lowest BCUT2D eigenvalue weighted by atomic mass is 9.84. The topological polar surface area (TPSA) is 152 Å². The number of hydrogen-bond donors (Lipinski definition) is 3. The Morgan fingerprint density at radius 2 is 1.62 bits per heavy atom. The van der Waals surface area contributed by atoms with Gasteiger partial charge in [0.1, 0.15) is 11.9 Å². The van der Waals surface area contributed by atoms with E-state index in [9.17, 15) is 19.2 Å². The molecular weight excluding hydrogens is 630 g/mol. The Morgan fingerprint density at radius 3 is 2.25 bits per heavy atom. The molecule has 0 unspecified atom stereocenters. The number of aliphatic imine (C=N–C) groups is 1. The van der Waals surface area contributed by atoms with Gasteiger partial charge in [0.25, 0.3) is 0 Å². The first-order valence-corrected chi connectivity index (χ1v) is 17.3. The normalized spacial score (nSPS) is 17.1. The number of rotatable bonds is 14. The SMILES string of the molecule is CCOC(=O)CN[C@@H](C(=O)N1CCC[C@H]1C(=O)NCc1ccc(/C(N)=N/C(=O)OCC2CCC2)s1)C(c1ccccc1)c1ccccc1. The lowest BCUT2D eigenvalue weighted by Gasteiger charge is -2.33. The van der Waals surface area contributed by atoms with E-state index in [1.165, 1.54) is 11.3 Å². The van der Waals surface area contributed by atoms with Crippen LogP contribution in [-0.4, -0.2) is 73.0 Å². The summed E-state index contributed by atoms with van der Waals surface area (Å²) in [6, 6.07) is 21.4. The predicted molar refractivity (Wildman–Crippen MR) is 183 cm³/mol. The summed E-state index contributed by atoms with van der Waals surface area (Å²) in [6.45, 7) is 2.81. The molecule has 1 saturated carbocycles. The maximum absolute atomic E-state index is 14.4. The molecule has 11 nitrogen and oxygen atoms in total. The van der Waals surface area contributed by atoms with Crippen LogP contribution in [0, 0.1) is 5.92 Å². The van der Waals surface area contributed by atoms with Gasteiger partial charge in [-0.25, -0.2) is 4.79 Å². The van der Waals surface area contributed by atoms with Crippen molar-refractivity contribution in [1.29, 1.82) is 0 Å². The molecule has 254 valence electrons. The van der Waals surface area contributed by atoms with Gasteiger partial charge in [0.05, 0.1) is 37.2 Å². The molecule has 0 spiro atoms. The van der Waals surface area contributed by atoms with E-state index in [4.69, 9.17) is 15.2 Å². The third-order valence-electron chi connectivity index (χ3n) is 8.76. The zero-order valence-electron chi connectivity index (χ0n) is 27.1. The summed E-state index contributed by atoms with van der Waals surface area (Å²) in [4.78, 5) is 59.4. The van der Waals surface area contributed by atoms with E-state index in [2.05, 4.69) is 15.6 Å². The summed E-state index contributed by atoms with van der Waals surface area (Å²) >= 11 is 1.32. The van der Waals surface area contributed by atoms with Crippen LogP contribution >= 0.6 is 11.3 Å². The lowest BCUT2D eigenvalue weighted by molar-refractivity contribution is -0.143. The quantitative estimate of drug-likeness (QED) is 0.130. The Bertz CT molecular complexity index is 1540. The zero-order chi connectivity index (χ0) is 33.9. The van der Waals surface area contributed by atoms with Gasteiger partial charge in [-0.15, -0.1) is 11.3 Å². The van der Waals surface area contributed by atoms with Crippen LogP contribution in [0.5, 0.6) is 0 Å². The van der Waals surface area contributed by atoms with Gasteiger partial charge < -0.3 is 25.4 Å². The van der Waals surface area contributed by atoms with Crippen LogP contribution in [0.15, 0.2) is 77.8 Å². The molecule has 2 fully saturated rings. The molecule has 2 heterocycles. The minimum Gasteiger partial charge on any atom is -0.465 e. The van der Waals surface area contributed by atoms with E-state index in [1.54, 1.807) is 17.9 Å². The third kappa shape index (κ3) is 9.07.